The highest BCUT2D eigenvalue weighted by molar-refractivity contribution is 5.96. The molecule has 1 aliphatic rings. The SMILES string of the molecule is [2H]c1nc(N)c2c([2H])c1-c1c(nn(C)c1[N+]#[C-])CN(C)C(=O)c1ccc(F)cc1[C@]([2H])(C([2H])([2H])[2H])O2. The third kappa shape index (κ3) is 3.12. The molecule has 2 N–H and O–H groups in total. The summed E-state index contributed by atoms with van der Waals surface area (Å²) in [5.41, 5.74) is 4.88. The Morgan fingerprint density at radius 3 is 3.03 bits per heavy atom. The van der Waals surface area contributed by atoms with Crippen LogP contribution in [0.1, 0.15) is 42.8 Å². The maximum atomic E-state index is 14.3. The number of carbonyl (C=O) groups excluding carboxylic acids is 1. The van der Waals surface area contributed by atoms with E-state index in [9.17, 15) is 9.18 Å². The molecule has 8 nitrogen and oxygen atoms in total. The van der Waals surface area contributed by atoms with Crippen molar-refractivity contribution in [3.63, 3.8) is 0 Å². The van der Waals surface area contributed by atoms with Crippen LogP contribution in [0.3, 0.4) is 0 Å². The number of halogens is 1. The van der Waals surface area contributed by atoms with Gasteiger partial charge in [0, 0.05) is 34.0 Å². The minimum atomic E-state index is -3.31. The van der Waals surface area contributed by atoms with Gasteiger partial charge in [-0.2, -0.15) is 0 Å². The van der Waals surface area contributed by atoms with E-state index in [0.29, 0.717) is 6.07 Å². The Morgan fingerprint density at radius 1 is 1.50 bits per heavy atom. The van der Waals surface area contributed by atoms with Crippen LogP contribution in [0.4, 0.5) is 16.0 Å². The number of anilines is 1. The van der Waals surface area contributed by atoms with Crippen LogP contribution in [0.5, 0.6) is 5.75 Å². The Hall–Kier alpha value is -3.93. The van der Waals surface area contributed by atoms with Gasteiger partial charge < -0.3 is 20.2 Å². The number of hydrogen-bond donors (Lipinski definition) is 1. The van der Waals surface area contributed by atoms with E-state index in [4.69, 9.17) is 25.3 Å². The zero-order chi connectivity index (χ0) is 26.7. The predicted molar refractivity (Wildman–Crippen MR) is 108 cm³/mol. The van der Waals surface area contributed by atoms with E-state index in [-0.39, 0.29) is 34.7 Å². The minimum Gasteiger partial charge on any atom is -0.482 e. The molecule has 0 radical (unpaired) electrons. The molecule has 0 unspecified atom stereocenters. The van der Waals surface area contributed by atoms with Crippen molar-refractivity contribution in [2.24, 2.45) is 7.05 Å². The summed E-state index contributed by atoms with van der Waals surface area (Å²) >= 11 is 0. The van der Waals surface area contributed by atoms with Crippen LogP contribution in [0, 0.1) is 12.4 Å². The summed E-state index contributed by atoms with van der Waals surface area (Å²) in [5, 5.41) is 4.29. The molecule has 2 bridgehead atoms. The van der Waals surface area contributed by atoms with Crippen LogP contribution in [0.25, 0.3) is 16.0 Å². The number of rotatable bonds is 0. The summed E-state index contributed by atoms with van der Waals surface area (Å²) in [4.78, 5) is 21.9. The molecular weight excluding hydrogens is 387 g/mol. The molecule has 1 aromatic carbocycles. The fourth-order valence-corrected chi connectivity index (χ4v) is 3.18. The number of ether oxygens (including phenoxy) is 1. The molecule has 0 saturated heterocycles. The van der Waals surface area contributed by atoms with Crippen molar-refractivity contribution in [3.8, 4) is 16.9 Å². The lowest BCUT2D eigenvalue weighted by molar-refractivity contribution is 0.0778. The number of fused-ring (bicyclic) bond motifs is 5. The first-order valence-corrected chi connectivity index (χ1v) is 8.66. The Labute approximate surface area is 180 Å². The number of nitrogen functional groups attached to an aromatic ring is 1. The highest BCUT2D eigenvalue weighted by atomic mass is 19.1. The molecule has 0 aliphatic carbocycles. The molecule has 0 fully saturated rings. The predicted octanol–water partition coefficient (Wildman–Crippen LogP) is 3.48. The summed E-state index contributed by atoms with van der Waals surface area (Å²) in [7, 11) is 2.84. The molecule has 1 amide bonds. The van der Waals surface area contributed by atoms with Gasteiger partial charge in [-0.1, -0.05) is 6.57 Å². The Bertz CT molecular complexity index is 1470. The molecule has 3 heterocycles. The third-order valence-corrected chi connectivity index (χ3v) is 4.60. The number of amides is 1. The first kappa shape index (κ1) is 13.3. The van der Waals surface area contributed by atoms with Crippen LogP contribution >= 0.6 is 0 Å². The van der Waals surface area contributed by atoms with E-state index in [1.807, 2.05) is 0 Å². The number of carbonyl (C=O) groups is 1. The van der Waals surface area contributed by atoms with Crippen molar-refractivity contribution < 1.29 is 22.1 Å². The van der Waals surface area contributed by atoms with Crippen molar-refractivity contribution in [2.75, 3.05) is 12.8 Å². The molecule has 30 heavy (non-hydrogen) atoms. The summed E-state index contributed by atoms with van der Waals surface area (Å²) in [6.07, 6.45) is -3.63. The first-order valence-electron chi connectivity index (χ1n) is 11.7. The highest BCUT2D eigenvalue weighted by Crippen LogP contribution is 2.38. The fourth-order valence-electron chi connectivity index (χ4n) is 3.18. The summed E-state index contributed by atoms with van der Waals surface area (Å²) in [5.74, 6) is -3.01. The molecule has 1 atom stereocenters. The zero-order valence-electron chi connectivity index (χ0n) is 21.9. The summed E-state index contributed by atoms with van der Waals surface area (Å²) in [6, 6.07) is 2.08. The van der Waals surface area contributed by atoms with E-state index in [0.717, 1.165) is 17.0 Å². The van der Waals surface area contributed by atoms with Gasteiger partial charge in [-0.25, -0.2) is 14.1 Å². The first-order chi connectivity index (χ1) is 16.7. The number of nitrogens with two attached hydrogens (primary N) is 1. The number of benzene rings is 1. The zero-order valence-corrected chi connectivity index (χ0v) is 15.9. The van der Waals surface area contributed by atoms with Gasteiger partial charge in [0.15, 0.2) is 11.6 Å². The van der Waals surface area contributed by atoms with E-state index in [2.05, 4.69) is 14.9 Å². The summed E-state index contributed by atoms with van der Waals surface area (Å²) in [6.45, 7) is 4.05. The van der Waals surface area contributed by atoms with E-state index in [1.54, 1.807) is 0 Å². The van der Waals surface area contributed by atoms with Gasteiger partial charge in [0.05, 0.1) is 17.7 Å². The van der Waals surface area contributed by atoms with Gasteiger partial charge in [-0.3, -0.25) is 4.79 Å². The largest absolute Gasteiger partial charge is 0.482 e. The monoisotopic (exact) mass is 412 g/mol. The van der Waals surface area contributed by atoms with Gasteiger partial charge in [0.2, 0.25) is 0 Å². The Kier molecular flexibility index (Phi) is 3.18. The van der Waals surface area contributed by atoms with Gasteiger partial charge in [0.1, 0.15) is 17.6 Å². The van der Waals surface area contributed by atoms with E-state index >= 15 is 0 Å². The second-order valence-electron chi connectivity index (χ2n) is 6.60. The van der Waals surface area contributed by atoms with E-state index < -0.39 is 54.0 Å². The van der Waals surface area contributed by atoms with Crippen molar-refractivity contribution in [1.82, 2.24) is 19.7 Å². The molecule has 2 aromatic heterocycles. The van der Waals surface area contributed by atoms with Crippen LogP contribution in [-0.4, -0.2) is 32.6 Å². The van der Waals surface area contributed by atoms with Gasteiger partial charge in [0.25, 0.3) is 11.7 Å². The van der Waals surface area contributed by atoms with Crippen LogP contribution < -0.4 is 10.5 Å². The average molecular weight is 412 g/mol. The maximum absolute atomic E-state index is 14.3. The molecule has 152 valence electrons. The topological polar surface area (TPSA) is 90.6 Å². The van der Waals surface area contributed by atoms with Crippen molar-refractivity contribution in [3.05, 3.63) is 64.5 Å². The Morgan fingerprint density at radius 2 is 2.30 bits per heavy atom. The average Bonchev–Trinajstić information content (AvgIpc) is 3.08. The lowest BCUT2D eigenvalue weighted by atomic mass is 10.0. The van der Waals surface area contributed by atoms with Crippen molar-refractivity contribution >= 4 is 17.5 Å². The highest BCUT2D eigenvalue weighted by Gasteiger charge is 2.27. The minimum absolute atomic E-state index is 0.0175. The molecule has 3 aromatic rings. The van der Waals surface area contributed by atoms with Crippen LogP contribution in [-0.2, 0) is 13.6 Å². The van der Waals surface area contributed by atoms with Crippen LogP contribution in [0.2, 0.25) is 0 Å². The normalized spacial score (nSPS) is 21.7. The Balaban J connectivity index is 2.18. The second kappa shape index (κ2) is 7.15. The number of pyridine rings is 1. The molecule has 4 rings (SSSR count). The van der Waals surface area contributed by atoms with Gasteiger partial charge in [-0.15, -0.1) is 5.10 Å². The second-order valence-corrected chi connectivity index (χ2v) is 6.60. The molecule has 0 saturated carbocycles. The molecule has 9 heteroatoms. The smallest absolute Gasteiger partial charge is 0.260 e. The number of nitrogens with zero attached hydrogens (tertiary/aromatic N) is 5. The summed E-state index contributed by atoms with van der Waals surface area (Å²) < 4.78 is 71.1. The van der Waals surface area contributed by atoms with E-state index in [1.165, 1.54) is 18.8 Å². The van der Waals surface area contributed by atoms with Gasteiger partial charge >= 0.3 is 0 Å². The molecule has 0 spiro atoms. The lowest BCUT2D eigenvalue weighted by Crippen LogP contribution is -2.28. The quantitative estimate of drug-likeness (QED) is 0.571. The van der Waals surface area contributed by atoms with Crippen molar-refractivity contribution in [1.29, 1.82) is 0 Å². The number of aryl methyl sites for hydroxylation is 1. The number of hydrogen-bond acceptors (Lipinski definition) is 5. The maximum Gasteiger partial charge on any atom is 0.260 e. The molecule has 1 aliphatic heterocycles. The van der Waals surface area contributed by atoms with Crippen LogP contribution in [0.15, 0.2) is 30.4 Å². The standard InChI is InChI=1S/C21H19FN6O2/c1-11-15-8-13(22)5-6-14(15)21(29)27(3)10-16-18(20(24-2)28(4)26-16)12-7-17(30-11)19(23)25-9-12/h5-9,11H,10H2,1,3-4H3,(H2,23,25)/t11-/m0/s1/i1D3,7D,9D,11D. The third-order valence-electron chi connectivity index (χ3n) is 4.60. The lowest BCUT2D eigenvalue weighted by Gasteiger charge is -2.23. The fraction of sp³-hybridized carbons (Fsp3) is 0.238. The number of aromatic nitrogens is 3. The molecular formula is C21H19FN6O2. The van der Waals surface area contributed by atoms with Gasteiger partial charge in [-0.05, 0) is 36.7 Å². The van der Waals surface area contributed by atoms with Crippen molar-refractivity contribution in [2.45, 2.75) is 19.5 Å².